The fourth-order valence-electron chi connectivity index (χ4n) is 2.82. The van der Waals surface area contributed by atoms with Crippen molar-refractivity contribution < 1.29 is 9.53 Å². The van der Waals surface area contributed by atoms with E-state index < -0.39 is 0 Å². The van der Waals surface area contributed by atoms with Gasteiger partial charge in [0.15, 0.2) is 0 Å². The van der Waals surface area contributed by atoms with Gasteiger partial charge in [-0.2, -0.15) is 0 Å². The molecule has 1 aromatic heterocycles. The van der Waals surface area contributed by atoms with Crippen LogP contribution in [0.5, 0.6) is 0 Å². The summed E-state index contributed by atoms with van der Waals surface area (Å²) >= 11 is 1.85. The minimum Gasteiger partial charge on any atom is -0.465 e. The Morgan fingerprint density at radius 3 is 2.59 bits per heavy atom. The number of benzene rings is 1. The molecule has 3 heteroatoms. The normalized spacial score (nSPS) is 12.2. The maximum atomic E-state index is 11.7. The first-order chi connectivity index (χ1) is 10.5. The smallest absolute Gasteiger partial charge is 0.338 e. The summed E-state index contributed by atoms with van der Waals surface area (Å²) in [6.45, 7) is 6.35. The van der Waals surface area contributed by atoms with Crippen molar-refractivity contribution >= 4 is 17.3 Å². The van der Waals surface area contributed by atoms with Gasteiger partial charge in [0.25, 0.3) is 0 Å². The molecule has 1 aromatic carbocycles. The second-order valence-corrected chi connectivity index (χ2v) is 6.80. The lowest BCUT2D eigenvalue weighted by atomic mass is 9.89. The van der Waals surface area contributed by atoms with Crippen molar-refractivity contribution in [3.8, 4) is 0 Å². The second kappa shape index (κ2) is 7.59. The molecule has 2 rings (SSSR count). The Labute approximate surface area is 137 Å². The van der Waals surface area contributed by atoms with E-state index in [1.807, 2.05) is 24.3 Å². The maximum absolute atomic E-state index is 11.7. The minimum atomic E-state index is -0.258. The summed E-state index contributed by atoms with van der Waals surface area (Å²) in [7, 11) is 1.42. The molecular formula is C19H24O2S. The number of thiophene rings is 1. The Kier molecular flexibility index (Phi) is 5.78. The molecule has 0 spiro atoms. The van der Waals surface area contributed by atoms with Crippen LogP contribution in [-0.4, -0.2) is 13.1 Å². The van der Waals surface area contributed by atoms with Crippen LogP contribution < -0.4 is 0 Å². The molecular weight excluding hydrogens is 292 g/mol. The Balaban J connectivity index is 2.10. The Morgan fingerprint density at radius 2 is 2.05 bits per heavy atom. The SMILES string of the molecule is CCC(CCc1cc(C)cs1)c1ccc(C(=O)OC)c(C)c1. The fourth-order valence-corrected chi connectivity index (χ4v) is 3.72. The number of rotatable bonds is 6. The van der Waals surface area contributed by atoms with Crippen LogP contribution in [0.2, 0.25) is 0 Å². The number of hydrogen-bond acceptors (Lipinski definition) is 3. The average Bonchev–Trinajstić information content (AvgIpc) is 2.93. The van der Waals surface area contributed by atoms with Crippen LogP contribution in [0.1, 0.15) is 57.6 Å². The molecule has 2 aromatic rings. The number of esters is 1. The first-order valence-electron chi connectivity index (χ1n) is 7.78. The molecule has 118 valence electrons. The van der Waals surface area contributed by atoms with Gasteiger partial charge in [-0.3, -0.25) is 0 Å². The van der Waals surface area contributed by atoms with Crippen LogP contribution in [-0.2, 0) is 11.2 Å². The number of carbonyl (C=O) groups is 1. The molecule has 0 radical (unpaired) electrons. The van der Waals surface area contributed by atoms with Crippen molar-refractivity contribution in [1.29, 1.82) is 0 Å². The van der Waals surface area contributed by atoms with E-state index in [0.29, 0.717) is 11.5 Å². The molecule has 2 nitrogen and oxygen atoms in total. The van der Waals surface area contributed by atoms with Crippen molar-refractivity contribution in [3.63, 3.8) is 0 Å². The lowest BCUT2D eigenvalue weighted by molar-refractivity contribution is 0.0600. The van der Waals surface area contributed by atoms with Gasteiger partial charge in [-0.1, -0.05) is 19.1 Å². The quantitative estimate of drug-likeness (QED) is 0.678. The molecule has 0 saturated heterocycles. The molecule has 0 aliphatic carbocycles. The number of aryl methyl sites for hydroxylation is 3. The third-order valence-electron chi connectivity index (χ3n) is 4.14. The van der Waals surface area contributed by atoms with Gasteiger partial charge in [0.1, 0.15) is 0 Å². The zero-order chi connectivity index (χ0) is 16.1. The summed E-state index contributed by atoms with van der Waals surface area (Å²) in [4.78, 5) is 13.1. The molecule has 0 saturated carbocycles. The highest BCUT2D eigenvalue weighted by Crippen LogP contribution is 2.28. The van der Waals surface area contributed by atoms with Gasteiger partial charge in [0.2, 0.25) is 0 Å². The molecule has 0 bridgehead atoms. The minimum absolute atomic E-state index is 0.258. The Bertz CT molecular complexity index is 643. The van der Waals surface area contributed by atoms with Crippen LogP contribution in [0, 0.1) is 13.8 Å². The molecule has 0 fully saturated rings. The zero-order valence-electron chi connectivity index (χ0n) is 13.8. The molecule has 1 unspecified atom stereocenters. The highest BCUT2D eigenvalue weighted by atomic mass is 32.1. The molecule has 0 aliphatic heterocycles. The van der Waals surface area contributed by atoms with E-state index in [1.54, 1.807) is 0 Å². The van der Waals surface area contributed by atoms with E-state index in [9.17, 15) is 4.79 Å². The standard InChI is InChI=1S/C19H24O2S/c1-5-15(6-8-17-10-13(2)12-22-17)16-7-9-18(14(3)11-16)19(20)21-4/h7,9-12,15H,5-6,8H2,1-4H3. The number of carbonyl (C=O) groups excluding carboxylic acids is 1. The number of methoxy groups -OCH3 is 1. The lowest BCUT2D eigenvalue weighted by Crippen LogP contribution is -2.06. The van der Waals surface area contributed by atoms with Crippen molar-refractivity contribution in [3.05, 3.63) is 56.8 Å². The van der Waals surface area contributed by atoms with Crippen molar-refractivity contribution in [2.75, 3.05) is 7.11 Å². The zero-order valence-corrected chi connectivity index (χ0v) is 14.6. The molecule has 0 N–H and O–H groups in total. The third kappa shape index (κ3) is 3.98. The first-order valence-corrected chi connectivity index (χ1v) is 8.66. The molecule has 1 heterocycles. The molecule has 0 aliphatic rings. The van der Waals surface area contributed by atoms with E-state index in [-0.39, 0.29) is 5.97 Å². The van der Waals surface area contributed by atoms with Crippen LogP contribution in [0.3, 0.4) is 0 Å². The Hall–Kier alpha value is -1.61. The van der Waals surface area contributed by atoms with Crippen molar-refractivity contribution in [2.45, 2.75) is 46.0 Å². The third-order valence-corrected chi connectivity index (χ3v) is 5.26. The largest absolute Gasteiger partial charge is 0.465 e. The van der Waals surface area contributed by atoms with Gasteiger partial charge in [-0.05, 0) is 73.2 Å². The Morgan fingerprint density at radius 1 is 1.27 bits per heavy atom. The van der Waals surface area contributed by atoms with Gasteiger partial charge in [-0.25, -0.2) is 4.79 Å². The summed E-state index contributed by atoms with van der Waals surface area (Å²) in [6, 6.07) is 8.39. The molecule has 1 atom stereocenters. The molecule has 0 amide bonds. The van der Waals surface area contributed by atoms with E-state index in [2.05, 4.69) is 37.4 Å². The van der Waals surface area contributed by atoms with E-state index in [4.69, 9.17) is 4.74 Å². The predicted molar refractivity (Wildman–Crippen MR) is 92.9 cm³/mol. The average molecular weight is 316 g/mol. The van der Waals surface area contributed by atoms with Crippen molar-refractivity contribution in [2.24, 2.45) is 0 Å². The highest BCUT2D eigenvalue weighted by molar-refractivity contribution is 7.10. The summed E-state index contributed by atoms with van der Waals surface area (Å²) in [6.07, 6.45) is 3.38. The van der Waals surface area contributed by atoms with Crippen LogP contribution in [0.15, 0.2) is 29.6 Å². The number of ether oxygens (including phenoxy) is 1. The summed E-state index contributed by atoms with van der Waals surface area (Å²) in [5.41, 5.74) is 4.33. The van der Waals surface area contributed by atoms with Crippen LogP contribution >= 0.6 is 11.3 Å². The number of hydrogen-bond donors (Lipinski definition) is 0. The van der Waals surface area contributed by atoms with Crippen molar-refractivity contribution in [1.82, 2.24) is 0 Å². The maximum Gasteiger partial charge on any atom is 0.338 e. The van der Waals surface area contributed by atoms with E-state index >= 15 is 0 Å². The van der Waals surface area contributed by atoms with Crippen LogP contribution in [0.25, 0.3) is 0 Å². The predicted octanol–water partition coefficient (Wildman–Crippen LogP) is 5.28. The highest BCUT2D eigenvalue weighted by Gasteiger charge is 2.14. The molecule has 22 heavy (non-hydrogen) atoms. The second-order valence-electron chi connectivity index (χ2n) is 5.80. The summed E-state index contributed by atoms with van der Waals surface area (Å²) < 4.78 is 4.81. The van der Waals surface area contributed by atoms with Gasteiger partial charge in [0.05, 0.1) is 12.7 Å². The van der Waals surface area contributed by atoms with Gasteiger partial charge in [0, 0.05) is 4.88 Å². The lowest BCUT2D eigenvalue weighted by Gasteiger charge is -2.16. The summed E-state index contributed by atoms with van der Waals surface area (Å²) in [5.74, 6) is 0.277. The topological polar surface area (TPSA) is 26.3 Å². The first kappa shape index (κ1) is 16.8. The monoisotopic (exact) mass is 316 g/mol. The van der Waals surface area contributed by atoms with Crippen LogP contribution in [0.4, 0.5) is 0 Å². The van der Waals surface area contributed by atoms with E-state index in [1.165, 1.54) is 23.1 Å². The van der Waals surface area contributed by atoms with Gasteiger partial charge < -0.3 is 4.74 Å². The summed E-state index contributed by atoms with van der Waals surface area (Å²) in [5, 5.41) is 2.21. The van der Waals surface area contributed by atoms with Gasteiger partial charge >= 0.3 is 5.97 Å². The van der Waals surface area contributed by atoms with E-state index in [0.717, 1.165) is 24.8 Å². The van der Waals surface area contributed by atoms with Gasteiger partial charge in [-0.15, -0.1) is 11.3 Å². The fraction of sp³-hybridized carbons (Fsp3) is 0.421.